The van der Waals surface area contributed by atoms with E-state index in [-0.39, 0.29) is 0 Å². The predicted octanol–water partition coefficient (Wildman–Crippen LogP) is 2.74. The summed E-state index contributed by atoms with van der Waals surface area (Å²) in [5.74, 6) is 0. The van der Waals surface area contributed by atoms with Crippen LogP contribution in [-0.4, -0.2) is 8.70 Å². The van der Waals surface area contributed by atoms with Gasteiger partial charge in [-0.3, -0.25) is 4.99 Å². The number of halogens is 2. The third-order valence-electron chi connectivity index (χ3n) is 1.85. The Balaban J connectivity index is 2.67. The van der Waals surface area contributed by atoms with Crippen molar-refractivity contribution in [2.24, 2.45) is 4.99 Å². The molecule has 0 bridgehead atoms. The first-order valence-corrected chi connectivity index (χ1v) is 5.00. The van der Waals surface area contributed by atoms with Crippen LogP contribution in [0.5, 0.6) is 0 Å². The zero-order chi connectivity index (χ0) is 8.72. The van der Waals surface area contributed by atoms with Crippen LogP contribution < -0.4 is 0 Å². The molecule has 0 radical (unpaired) electrons. The van der Waals surface area contributed by atoms with Crippen molar-refractivity contribution in [3.8, 4) is 0 Å². The quantitative estimate of drug-likeness (QED) is 0.533. The Labute approximate surface area is 89.2 Å². The van der Waals surface area contributed by atoms with E-state index >= 15 is 0 Å². The van der Waals surface area contributed by atoms with Crippen molar-refractivity contribution in [3.05, 3.63) is 28.0 Å². The van der Waals surface area contributed by atoms with Gasteiger partial charge in [0.05, 0.1) is 6.54 Å². The van der Waals surface area contributed by atoms with E-state index in [0.29, 0.717) is 5.15 Å². The Hall–Kier alpha value is -0.160. The summed E-state index contributed by atoms with van der Waals surface area (Å²) in [4.78, 5) is 8.49. The van der Waals surface area contributed by atoms with Gasteiger partial charge in [0.25, 0.3) is 0 Å². The molecule has 62 valence electrons. The molecule has 0 aliphatic carbocycles. The summed E-state index contributed by atoms with van der Waals surface area (Å²) in [7, 11) is 0. The number of hydrogen-bond donors (Lipinski definition) is 0. The maximum absolute atomic E-state index is 5.81. The summed E-state index contributed by atoms with van der Waals surface area (Å²) in [5.41, 5.74) is 3.33. The van der Waals surface area contributed by atoms with E-state index in [1.54, 1.807) is 0 Å². The number of pyridine rings is 1. The number of fused-ring (bicyclic) bond motifs is 1. The molecule has 0 spiro atoms. The van der Waals surface area contributed by atoms with Crippen molar-refractivity contribution in [3.63, 3.8) is 0 Å². The van der Waals surface area contributed by atoms with Gasteiger partial charge in [0.15, 0.2) is 0 Å². The molecule has 0 N–H and O–H groups in total. The minimum Gasteiger partial charge on any atom is -0.273 e. The van der Waals surface area contributed by atoms with Gasteiger partial charge in [-0.1, -0.05) is 11.6 Å². The van der Waals surface area contributed by atoms with Gasteiger partial charge in [-0.2, -0.15) is 0 Å². The molecule has 0 amide bonds. The molecule has 0 aromatic carbocycles. The van der Waals surface area contributed by atoms with Gasteiger partial charge < -0.3 is 0 Å². The molecule has 12 heavy (non-hydrogen) atoms. The number of aromatic nitrogens is 1. The largest absolute Gasteiger partial charge is 0.273 e. The smallest absolute Gasteiger partial charge is 0.129 e. The molecular weight excluding hydrogens is 286 g/mol. The minimum atomic E-state index is 0.563. The molecule has 1 aliphatic rings. The molecule has 0 saturated heterocycles. The highest BCUT2D eigenvalue weighted by molar-refractivity contribution is 14.1. The van der Waals surface area contributed by atoms with E-state index in [1.807, 2.05) is 13.0 Å². The summed E-state index contributed by atoms with van der Waals surface area (Å²) in [6, 6.07) is 1.89. The molecule has 1 aliphatic heterocycles. The van der Waals surface area contributed by atoms with E-state index in [0.717, 1.165) is 16.0 Å². The summed E-state index contributed by atoms with van der Waals surface area (Å²) in [5, 5.41) is 0.563. The fourth-order valence-corrected chi connectivity index (χ4v) is 2.50. The first kappa shape index (κ1) is 8.44. The average Bonchev–Trinajstić information content (AvgIpc) is 2.31. The molecule has 2 heterocycles. The molecule has 0 unspecified atom stereocenters. The van der Waals surface area contributed by atoms with Crippen LogP contribution in [0.3, 0.4) is 0 Å². The first-order chi connectivity index (χ1) is 5.68. The van der Waals surface area contributed by atoms with Crippen LogP contribution in [0.25, 0.3) is 0 Å². The van der Waals surface area contributed by atoms with Gasteiger partial charge in [0, 0.05) is 11.3 Å². The SMILES string of the molecule is Cc1nc(Cl)cc2c1C(I)=NC2. The number of aryl methyl sites for hydroxylation is 1. The molecule has 1 aromatic rings. The molecule has 2 nitrogen and oxygen atoms in total. The Morgan fingerprint density at radius 3 is 3.08 bits per heavy atom. The van der Waals surface area contributed by atoms with Crippen LogP contribution in [0.4, 0.5) is 0 Å². The van der Waals surface area contributed by atoms with Crippen LogP contribution in [0.1, 0.15) is 16.8 Å². The zero-order valence-electron chi connectivity index (χ0n) is 6.43. The Morgan fingerprint density at radius 1 is 1.58 bits per heavy atom. The van der Waals surface area contributed by atoms with Gasteiger partial charge >= 0.3 is 0 Å². The monoisotopic (exact) mass is 292 g/mol. The van der Waals surface area contributed by atoms with Crippen molar-refractivity contribution in [1.82, 2.24) is 4.98 Å². The molecule has 0 fully saturated rings. The highest BCUT2D eigenvalue weighted by Gasteiger charge is 2.17. The summed E-state index contributed by atoms with van der Waals surface area (Å²) >= 11 is 8.04. The predicted molar refractivity (Wildman–Crippen MR) is 58.2 cm³/mol. The fourth-order valence-electron chi connectivity index (χ4n) is 1.34. The second kappa shape index (κ2) is 2.96. The number of rotatable bonds is 0. The second-order valence-corrected chi connectivity index (χ2v) is 4.08. The van der Waals surface area contributed by atoms with E-state index in [4.69, 9.17) is 11.6 Å². The summed E-state index contributed by atoms with van der Waals surface area (Å²) in [6.07, 6.45) is 0. The van der Waals surface area contributed by atoms with Crippen LogP contribution in [0, 0.1) is 6.92 Å². The molecule has 2 rings (SSSR count). The van der Waals surface area contributed by atoms with Crippen molar-refractivity contribution in [2.75, 3.05) is 0 Å². The Kier molecular flexibility index (Phi) is 2.08. The van der Waals surface area contributed by atoms with Crippen LogP contribution in [0.2, 0.25) is 5.15 Å². The maximum atomic E-state index is 5.81. The van der Waals surface area contributed by atoms with Crippen molar-refractivity contribution in [1.29, 1.82) is 0 Å². The zero-order valence-corrected chi connectivity index (χ0v) is 9.35. The van der Waals surface area contributed by atoms with Crippen molar-refractivity contribution in [2.45, 2.75) is 13.5 Å². The van der Waals surface area contributed by atoms with E-state index in [1.165, 1.54) is 11.1 Å². The lowest BCUT2D eigenvalue weighted by Gasteiger charge is -2.02. The number of aliphatic imine (C=N–C) groups is 1. The van der Waals surface area contributed by atoms with Crippen LogP contribution in [0.15, 0.2) is 11.1 Å². The molecule has 0 saturated carbocycles. The average molecular weight is 293 g/mol. The molecule has 1 aromatic heterocycles. The lowest BCUT2D eigenvalue weighted by molar-refractivity contribution is 1.08. The van der Waals surface area contributed by atoms with Gasteiger partial charge in [-0.15, -0.1) is 0 Å². The lowest BCUT2D eigenvalue weighted by atomic mass is 10.1. The van der Waals surface area contributed by atoms with E-state index in [9.17, 15) is 0 Å². The highest BCUT2D eigenvalue weighted by Crippen LogP contribution is 2.26. The highest BCUT2D eigenvalue weighted by atomic mass is 127. The van der Waals surface area contributed by atoms with Crippen molar-refractivity contribution >= 4 is 37.9 Å². The van der Waals surface area contributed by atoms with Crippen LogP contribution in [-0.2, 0) is 6.54 Å². The number of nitrogens with zero attached hydrogens (tertiary/aromatic N) is 2. The maximum Gasteiger partial charge on any atom is 0.129 e. The van der Waals surface area contributed by atoms with E-state index in [2.05, 4.69) is 32.6 Å². The van der Waals surface area contributed by atoms with Gasteiger partial charge in [-0.25, -0.2) is 4.98 Å². The lowest BCUT2D eigenvalue weighted by Crippen LogP contribution is -1.96. The van der Waals surface area contributed by atoms with E-state index < -0.39 is 0 Å². The molecular formula is C8H6ClIN2. The summed E-state index contributed by atoms with van der Waals surface area (Å²) < 4.78 is 1.05. The van der Waals surface area contributed by atoms with Crippen molar-refractivity contribution < 1.29 is 0 Å². The topological polar surface area (TPSA) is 25.2 Å². The Morgan fingerprint density at radius 2 is 2.33 bits per heavy atom. The third kappa shape index (κ3) is 1.25. The Bertz CT molecular complexity index is 374. The second-order valence-electron chi connectivity index (χ2n) is 2.67. The normalized spacial score (nSPS) is 14.4. The standard InChI is InChI=1S/C8H6ClIN2/c1-4-7-5(2-6(9)12-4)3-11-8(7)10/h2H,3H2,1H3. The fraction of sp³-hybridized carbons (Fsp3) is 0.250. The molecule has 4 heteroatoms. The van der Waals surface area contributed by atoms with Gasteiger partial charge in [-0.05, 0) is 41.1 Å². The summed E-state index contributed by atoms with van der Waals surface area (Å²) in [6.45, 7) is 2.71. The minimum absolute atomic E-state index is 0.563. The molecule has 0 atom stereocenters. The first-order valence-electron chi connectivity index (χ1n) is 3.55. The number of hydrogen-bond acceptors (Lipinski definition) is 2. The van der Waals surface area contributed by atoms with Gasteiger partial charge in [0.2, 0.25) is 0 Å². The van der Waals surface area contributed by atoms with Gasteiger partial charge in [0.1, 0.15) is 8.87 Å². The third-order valence-corrected chi connectivity index (χ3v) is 2.92. The van der Waals surface area contributed by atoms with Crippen LogP contribution >= 0.6 is 34.2 Å².